The Kier molecular flexibility index (Phi) is 4.66. The first-order valence-corrected chi connectivity index (χ1v) is 8.22. The van der Waals surface area contributed by atoms with Gasteiger partial charge in [0.15, 0.2) is 0 Å². The zero-order valence-corrected chi connectivity index (χ0v) is 14.1. The van der Waals surface area contributed by atoms with Gasteiger partial charge in [-0.2, -0.15) is 4.68 Å². The molecule has 0 aliphatic carbocycles. The molecule has 0 spiro atoms. The Bertz CT molecular complexity index is 785. The second kappa shape index (κ2) is 6.55. The van der Waals surface area contributed by atoms with E-state index in [1.165, 1.54) is 10.7 Å². The Hall–Kier alpha value is -1.50. The molecule has 3 rings (SSSR count). The molecule has 6 nitrogen and oxygen atoms in total. The molecule has 0 bridgehead atoms. The Labute approximate surface area is 143 Å². The largest absolute Gasteiger partial charge is 0.487 e. The average Bonchev–Trinajstić information content (AvgIpc) is 2.87. The van der Waals surface area contributed by atoms with Gasteiger partial charge in [-0.05, 0) is 25.8 Å². The molecular weight excluding hydrogens is 341 g/mol. The van der Waals surface area contributed by atoms with Crippen LogP contribution in [0.3, 0.4) is 0 Å². The van der Waals surface area contributed by atoms with Crippen molar-refractivity contribution in [3.05, 3.63) is 38.5 Å². The van der Waals surface area contributed by atoms with Crippen molar-refractivity contribution in [2.45, 2.75) is 38.8 Å². The summed E-state index contributed by atoms with van der Waals surface area (Å²) in [5, 5.41) is 14.1. The van der Waals surface area contributed by atoms with Gasteiger partial charge < -0.3 is 9.84 Å². The normalized spacial score (nSPS) is 15.3. The fourth-order valence-electron chi connectivity index (χ4n) is 2.58. The predicted octanol–water partition coefficient (Wildman–Crippen LogP) is 2.44. The third kappa shape index (κ3) is 3.11. The van der Waals surface area contributed by atoms with E-state index < -0.39 is 6.10 Å². The molecule has 1 N–H and O–H groups in total. The van der Waals surface area contributed by atoms with Crippen LogP contribution in [0.2, 0.25) is 10.0 Å². The minimum atomic E-state index is -0.423. The third-order valence-corrected chi connectivity index (χ3v) is 4.38. The molecule has 1 unspecified atom stereocenters. The van der Waals surface area contributed by atoms with Crippen LogP contribution in [0, 0.1) is 0 Å². The SMILES string of the molecule is CC(CO)Oc1cc(-n2nc3n(c2=O)CCCC3)c(Cl)cc1Cl. The average molecular weight is 358 g/mol. The summed E-state index contributed by atoms with van der Waals surface area (Å²) in [5.74, 6) is 1.11. The van der Waals surface area contributed by atoms with Crippen molar-refractivity contribution in [3.8, 4) is 11.4 Å². The maximum absolute atomic E-state index is 12.5. The molecule has 2 aromatic rings. The van der Waals surface area contributed by atoms with Crippen LogP contribution in [-0.2, 0) is 13.0 Å². The number of aliphatic hydroxyl groups excluding tert-OH is 1. The standard InChI is InChI=1S/C15H17Cl2N3O3/c1-9(8-21)23-13-7-12(10(16)6-11(13)17)20-15(22)19-5-3-2-4-14(19)18-20/h6-7,9,21H,2-5,8H2,1H3. The lowest BCUT2D eigenvalue weighted by molar-refractivity contribution is 0.130. The van der Waals surface area contributed by atoms with Gasteiger partial charge in [-0.25, -0.2) is 4.79 Å². The van der Waals surface area contributed by atoms with Crippen LogP contribution in [0.25, 0.3) is 5.69 Å². The number of aliphatic hydroxyl groups is 1. The van der Waals surface area contributed by atoms with Crippen molar-refractivity contribution >= 4 is 23.2 Å². The second-order valence-electron chi connectivity index (χ2n) is 5.56. The van der Waals surface area contributed by atoms with E-state index in [-0.39, 0.29) is 12.3 Å². The van der Waals surface area contributed by atoms with Gasteiger partial charge in [-0.1, -0.05) is 23.2 Å². The zero-order chi connectivity index (χ0) is 16.6. The monoisotopic (exact) mass is 357 g/mol. The van der Waals surface area contributed by atoms with E-state index in [0.29, 0.717) is 28.0 Å². The highest BCUT2D eigenvalue weighted by atomic mass is 35.5. The first-order valence-electron chi connectivity index (χ1n) is 7.47. The lowest BCUT2D eigenvalue weighted by Crippen LogP contribution is -2.26. The van der Waals surface area contributed by atoms with Crippen LogP contribution in [0.1, 0.15) is 25.6 Å². The molecule has 1 aromatic carbocycles. The van der Waals surface area contributed by atoms with E-state index in [1.807, 2.05) is 0 Å². The van der Waals surface area contributed by atoms with Crippen molar-refractivity contribution < 1.29 is 9.84 Å². The molecule has 1 aromatic heterocycles. The minimum Gasteiger partial charge on any atom is -0.487 e. The maximum Gasteiger partial charge on any atom is 0.350 e. The van der Waals surface area contributed by atoms with Gasteiger partial charge in [0.25, 0.3) is 0 Å². The summed E-state index contributed by atoms with van der Waals surface area (Å²) in [7, 11) is 0. The number of fused-ring (bicyclic) bond motifs is 1. The van der Waals surface area contributed by atoms with Crippen molar-refractivity contribution in [1.29, 1.82) is 0 Å². The van der Waals surface area contributed by atoms with Gasteiger partial charge in [0.1, 0.15) is 17.7 Å². The molecule has 0 saturated carbocycles. The Morgan fingerprint density at radius 1 is 1.35 bits per heavy atom. The number of hydrogen-bond acceptors (Lipinski definition) is 4. The Morgan fingerprint density at radius 2 is 2.13 bits per heavy atom. The van der Waals surface area contributed by atoms with Crippen LogP contribution in [0.15, 0.2) is 16.9 Å². The summed E-state index contributed by atoms with van der Waals surface area (Å²) in [6.07, 6.45) is 2.34. The predicted molar refractivity (Wildman–Crippen MR) is 88.0 cm³/mol. The van der Waals surface area contributed by atoms with Crippen molar-refractivity contribution in [1.82, 2.24) is 14.3 Å². The molecule has 124 valence electrons. The summed E-state index contributed by atoms with van der Waals surface area (Å²) in [4.78, 5) is 12.5. The molecule has 0 saturated heterocycles. The van der Waals surface area contributed by atoms with Gasteiger partial charge in [-0.15, -0.1) is 5.10 Å². The summed E-state index contributed by atoms with van der Waals surface area (Å²) in [5.41, 5.74) is 0.202. The molecular formula is C15H17Cl2N3O3. The van der Waals surface area contributed by atoms with Gasteiger partial charge >= 0.3 is 5.69 Å². The van der Waals surface area contributed by atoms with Crippen LogP contribution >= 0.6 is 23.2 Å². The number of benzene rings is 1. The van der Waals surface area contributed by atoms with Gasteiger partial charge in [0, 0.05) is 19.0 Å². The van der Waals surface area contributed by atoms with E-state index in [1.54, 1.807) is 17.6 Å². The zero-order valence-electron chi connectivity index (χ0n) is 12.6. The van der Waals surface area contributed by atoms with E-state index >= 15 is 0 Å². The molecule has 1 aliphatic rings. The lowest BCUT2D eigenvalue weighted by Gasteiger charge is -2.15. The molecule has 0 fully saturated rings. The van der Waals surface area contributed by atoms with E-state index in [2.05, 4.69) is 5.10 Å². The highest BCUT2D eigenvalue weighted by Crippen LogP contribution is 2.33. The molecule has 1 atom stereocenters. The van der Waals surface area contributed by atoms with Crippen molar-refractivity contribution in [2.24, 2.45) is 0 Å². The Balaban J connectivity index is 2.08. The summed E-state index contributed by atoms with van der Waals surface area (Å²) >= 11 is 12.4. The first kappa shape index (κ1) is 16.4. The third-order valence-electron chi connectivity index (χ3n) is 3.79. The van der Waals surface area contributed by atoms with E-state index in [0.717, 1.165) is 25.1 Å². The number of aromatic nitrogens is 3. The number of halogens is 2. The first-order chi connectivity index (χ1) is 11.0. The summed E-state index contributed by atoms with van der Waals surface area (Å²) in [6, 6.07) is 3.10. The number of aryl methyl sites for hydroxylation is 1. The molecule has 8 heteroatoms. The van der Waals surface area contributed by atoms with E-state index in [9.17, 15) is 4.79 Å². The number of nitrogens with zero attached hydrogens (tertiary/aromatic N) is 3. The smallest absolute Gasteiger partial charge is 0.350 e. The Morgan fingerprint density at radius 3 is 2.83 bits per heavy atom. The van der Waals surface area contributed by atoms with Crippen LogP contribution in [-0.4, -0.2) is 32.2 Å². The summed E-state index contributed by atoms with van der Waals surface area (Å²) in [6.45, 7) is 2.24. The maximum atomic E-state index is 12.5. The lowest BCUT2D eigenvalue weighted by atomic mass is 10.2. The van der Waals surface area contributed by atoms with Gasteiger partial charge in [-0.3, -0.25) is 4.57 Å². The topological polar surface area (TPSA) is 69.3 Å². The second-order valence-corrected chi connectivity index (χ2v) is 6.38. The molecule has 23 heavy (non-hydrogen) atoms. The van der Waals surface area contributed by atoms with E-state index in [4.69, 9.17) is 33.0 Å². The quantitative estimate of drug-likeness (QED) is 0.912. The van der Waals surface area contributed by atoms with Crippen LogP contribution < -0.4 is 10.4 Å². The number of hydrogen-bond donors (Lipinski definition) is 1. The molecule has 1 aliphatic heterocycles. The molecule has 2 heterocycles. The highest BCUT2D eigenvalue weighted by molar-refractivity contribution is 6.36. The number of ether oxygens (including phenoxy) is 1. The summed E-state index contributed by atoms with van der Waals surface area (Å²) < 4.78 is 8.52. The fourth-order valence-corrected chi connectivity index (χ4v) is 3.09. The highest BCUT2D eigenvalue weighted by Gasteiger charge is 2.20. The van der Waals surface area contributed by atoms with Crippen LogP contribution in [0.4, 0.5) is 0 Å². The minimum absolute atomic E-state index is 0.146. The molecule has 0 amide bonds. The van der Waals surface area contributed by atoms with Crippen LogP contribution in [0.5, 0.6) is 5.75 Å². The van der Waals surface area contributed by atoms with Crippen molar-refractivity contribution in [2.75, 3.05) is 6.61 Å². The molecule has 0 radical (unpaired) electrons. The van der Waals surface area contributed by atoms with Gasteiger partial charge in [0.2, 0.25) is 0 Å². The number of rotatable bonds is 4. The van der Waals surface area contributed by atoms with Crippen molar-refractivity contribution in [3.63, 3.8) is 0 Å². The fraction of sp³-hybridized carbons (Fsp3) is 0.467. The van der Waals surface area contributed by atoms with Gasteiger partial charge in [0.05, 0.1) is 22.3 Å².